The third kappa shape index (κ3) is 4.92. The number of halogens is 2. The molecular weight excluding hydrogens is 503 g/mol. The molecule has 0 radical (unpaired) electrons. The number of hydrogen-bond donors (Lipinski definition) is 0. The van der Waals surface area contributed by atoms with Gasteiger partial charge in [-0.1, -0.05) is 23.7 Å². The number of carbonyl (C=O) groups is 3. The van der Waals surface area contributed by atoms with E-state index in [4.69, 9.17) is 30.2 Å². The van der Waals surface area contributed by atoms with Crippen LogP contribution in [-0.4, -0.2) is 58.6 Å². The molecule has 12 heteroatoms. The summed E-state index contributed by atoms with van der Waals surface area (Å²) >= 11 is 7.08. The Morgan fingerprint density at radius 2 is 2.00 bits per heavy atom. The minimum atomic E-state index is -2.71. The van der Waals surface area contributed by atoms with Gasteiger partial charge in [0.1, 0.15) is 30.0 Å². The third-order valence-corrected chi connectivity index (χ3v) is 6.85. The SMILES string of the molecule is COc1ccc(COC(=O)C2=C(COC(C)=O)CS[C@H]3N2C(=O)[C@@]3(F)N=C(Cl)c2ccco2)cc1. The van der Waals surface area contributed by atoms with Crippen LogP contribution < -0.4 is 4.74 Å². The minimum absolute atomic E-state index is 0.0981. The largest absolute Gasteiger partial charge is 0.497 e. The van der Waals surface area contributed by atoms with E-state index in [9.17, 15) is 14.4 Å². The van der Waals surface area contributed by atoms with Crippen molar-refractivity contribution >= 4 is 46.4 Å². The molecule has 0 N–H and O–H groups in total. The number of rotatable bonds is 8. The highest BCUT2D eigenvalue weighted by Crippen LogP contribution is 2.49. The van der Waals surface area contributed by atoms with Crippen molar-refractivity contribution in [1.82, 2.24) is 4.90 Å². The number of ether oxygens (including phenoxy) is 3. The summed E-state index contributed by atoms with van der Waals surface area (Å²) < 4.78 is 36.3. The van der Waals surface area contributed by atoms with Gasteiger partial charge in [-0.05, 0) is 29.8 Å². The number of thioether (sulfide) groups is 1. The van der Waals surface area contributed by atoms with Crippen LogP contribution in [0, 0.1) is 0 Å². The van der Waals surface area contributed by atoms with Crippen LogP contribution >= 0.6 is 23.4 Å². The van der Waals surface area contributed by atoms with E-state index in [2.05, 4.69) is 4.99 Å². The first-order chi connectivity index (χ1) is 16.7. The normalized spacial score (nSPS) is 21.8. The van der Waals surface area contributed by atoms with E-state index in [0.29, 0.717) is 16.9 Å². The first kappa shape index (κ1) is 24.8. The molecule has 1 saturated heterocycles. The van der Waals surface area contributed by atoms with E-state index in [1.165, 1.54) is 26.4 Å². The van der Waals surface area contributed by atoms with Crippen molar-refractivity contribution in [2.75, 3.05) is 19.5 Å². The number of benzene rings is 1. The zero-order valence-electron chi connectivity index (χ0n) is 18.7. The second-order valence-corrected chi connectivity index (χ2v) is 8.97. The average molecular weight is 523 g/mol. The summed E-state index contributed by atoms with van der Waals surface area (Å²) in [4.78, 5) is 42.1. The lowest BCUT2D eigenvalue weighted by Crippen LogP contribution is -2.71. The molecule has 2 atom stereocenters. The molecule has 2 aromatic rings. The number of carbonyl (C=O) groups excluding carboxylic acids is 3. The van der Waals surface area contributed by atoms with Crippen LogP contribution in [0.4, 0.5) is 4.39 Å². The number of methoxy groups -OCH3 is 1. The highest BCUT2D eigenvalue weighted by molar-refractivity contribution is 8.00. The predicted molar refractivity (Wildman–Crippen MR) is 124 cm³/mol. The van der Waals surface area contributed by atoms with Crippen LogP contribution in [0.3, 0.4) is 0 Å². The van der Waals surface area contributed by atoms with Gasteiger partial charge >= 0.3 is 17.7 Å². The number of alkyl halides is 1. The molecule has 4 rings (SSSR count). The fourth-order valence-electron chi connectivity index (χ4n) is 3.49. The summed E-state index contributed by atoms with van der Waals surface area (Å²) in [5.74, 6) is -4.38. The van der Waals surface area contributed by atoms with Crippen molar-refractivity contribution < 1.29 is 37.4 Å². The van der Waals surface area contributed by atoms with Crippen molar-refractivity contribution in [2.24, 2.45) is 4.99 Å². The highest BCUT2D eigenvalue weighted by atomic mass is 35.5. The van der Waals surface area contributed by atoms with Gasteiger partial charge in [0.05, 0.1) is 13.4 Å². The van der Waals surface area contributed by atoms with E-state index < -0.39 is 29.0 Å². The molecule has 9 nitrogen and oxygen atoms in total. The van der Waals surface area contributed by atoms with Gasteiger partial charge in [-0.3, -0.25) is 14.5 Å². The van der Waals surface area contributed by atoms with Crippen LogP contribution in [0.15, 0.2) is 63.3 Å². The lowest BCUT2D eigenvalue weighted by Gasteiger charge is -2.50. The smallest absolute Gasteiger partial charge is 0.355 e. The molecule has 0 spiro atoms. The molecule has 1 aromatic heterocycles. The van der Waals surface area contributed by atoms with Crippen LogP contribution in [0.5, 0.6) is 5.75 Å². The Morgan fingerprint density at radius 3 is 2.63 bits per heavy atom. The van der Waals surface area contributed by atoms with E-state index in [1.54, 1.807) is 30.3 Å². The fraction of sp³-hybridized carbons (Fsp3) is 0.304. The Labute approximate surface area is 208 Å². The van der Waals surface area contributed by atoms with E-state index in [0.717, 1.165) is 16.7 Å². The monoisotopic (exact) mass is 522 g/mol. The molecule has 2 aliphatic rings. The molecule has 184 valence electrons. The van der Waals surface area contributed by atoms with Gasteiger partial charge in [0.15, 0.2) is 10.9 Å². The molecule has 1 fully saturated rings. The number of β-lactam (4-membered cyclic amide) rings is 1. The Bertz CT molecular complexity index is 1200. The molecule has 0 saturated carbocycles. The van der Waals surface area contributed by atoms with Crippen LogP contribution in [0.25, 0.3) is 0 Å². The Balaban J connectivity index is 1.57. The molecule has 3 heterocycles. The lowest BCUT2D eigenvalue weighted by molar-refractivity contribution is -0.166. The maximum atomic E-state index is 15.7. The van der Waals surface area contributed by atoms with Crippen molar-refractivity contribution in [2.45, 2.75) is 24.7 Å². The van der Waals surface area contributed by atoms with Crippen molar-refractivity contribution in [3.05, 3.63) is 65.3 Å². The molecule has 0 unspecified atom stereocenters. The van der Waals surface area contributed by atoms with Gasteiger partial charge < -0.3 is 18.6 Å². The Morgan fingerprint density at radius 1 is 1.26 bits per heavy atom. The average Bonchev–Trinajstić information content (AvgIpc) is 3.40. The van der Waals surface area contributed by atoms with Gasteiger partial charge in [0.25, 0.3) is 5.91 Å². The molecule has 0 bridgehead atoms. The number of amides is 1. The summed E-state index contributed by atoms with van der Waals surface area (Å²) in [6, 6.07) is 9.86. The minimum Gasteiger partial charge on any atom is -0.497 e. The number of nitrogens with zero attached hydrogens (tertiary/aromatic N) is 2. The molecule has 0 aliphatic carbocycles. The second-order valence-electron chi connectivity index (χ2n) is 7.55. The first-order valence-electron chi connectivity index (χ1n) is 10.3. The quantitative estimate of drug-likeness (QED) is 0.225. The summed E-state index contributed by atoms with van der Waals surface area (Å²) in [6.45, 7) is 0.867. The topological polar surface area (TPSA) is 108 Å². The van der Waals surface area contributed by atoms with Gasteiger partial charge in [0.2, 0.25) is 0 Å². The maximum absolute atomic E-state index is 15.7. The number of fused-ring (bicyclic) bond motifs is 1. The van der Waals surface area contributed by atoms with Crippen LogP contribution in [0.1, 0.15) is 18.2 Å². The predicted octanol–water partition coefficient (Wildman–Crippen LogP) is 3.42. The number of furan rings is 1. The second kappa shape index (κ2) is 10.1. The van der Waals surface area contributed by atoms with Gasteiger partial charge in [-0.2, -0.15) is 0 Å². The lowest BCUT2D eigenvalue weighted by atomic mass is 10.0. The van der Waals surface area contributed by atoms with E-state index in [1.807, 2.05) is 0 Å². The highest BCUT2D eigenvalue weighted by Gasteiger charge is 2.67. The molecule has 1 aromatic carbocycles. The first-order valence-corrected chi connectivity index (χ1v) is 11.8. The fourth-order valence-corrected chi connectivity index (χ4v) is 5.02. The zero-order chi connectivity index (χ0) is 25.2. The molecule has 1 amide bonds. The van der Waals surface area contributed by atoms with E-state index >= 15 is 4.39 Å². The third-order valence-electron chi connectivity index (χ3n) is 5.23. The number of hydrogen-bond acceptors (Lipinski definition) is 9. The summed E-state index contributed by atoms with van der Waals surface area (Å²) in [6.07, 6.45) is 1.34. The Kier molecular flexibility index (Phi) is 7.18. The molecule has 35 heavy (non-hydrogen) atoms. The van der Waals surface area contributed by atoms with Gasteiger partial charge in [-0.25, -0.2) is 14.2 Å². The summed E-state index contributed by atoms with van der Waals surface area (Å²) in [5, 5.41) is -1.48. The molecule has 2 aliphatic heterocycles. The maximum Gasteiger partial charge on any atom is 0.355 e. The summed E-state index contributed by atoms with van der Waals surface area (Å²) in [7, 11) is 1.53. The van der Waals surface area contributed by atoms with Crippen LogP contribution in [-0.2, 0) is 30.5 Å². The zero-order valence-corrected chi connectivity index (χ0v) is 20.2. The Hall–Kier alpha value is -3.31. The van der Waals surface area contributed by atoms with Crippen molar-refractivity contribution in [3.63, 3.8) is 0 Å². The standard InChI is InChI=1S/C23H20ClFN2O7S/c1-13(28)33-11-15-12-35-22-23(25,26-19(24)17-4-3-9-32-17)21(30)27(22)18(15)20(29)34-10-14-5-7-16(31-2)8-6-14/h3-9,22H,10-12H2,1-2H3/t22-,23-/m1/s1. The summed E-state index contributed by atoms with van der Waals surface area (Å²) in [5.41, 5.74) is 0.816. The van der Waals surface area contributed by atoms with Crippen molar-refractivity contribution in [1.29, 1.82) is 0 Å². The van der Waals surface area contributed by atoms with Crippen LogP contribution in [0.2, 0.25) is 0 Å². The number of aliphatic imine (C=N–C) groups is 1. The van der Waals surface area contributed by atoms with Gasteiger partial charge in [-0.15, -0.1) is 11.8 Å². The number of esters is 2. The van der Waals surface area contributed by atoms with Crippen molar-refractivity contribution in [3.8, 4) is 5.75 Å². The van der Waals surface area contributed by atoms with E-state index in [-0.39, 0.29) is 35.6 Å². The van der Waals surface area contributed by atoms with Gasteiger partial charge in [0, 0.05) is 18.2 Å². The molecular formula is C23H20ClFN2O7S.